The Labute approximate surface area is 188 Å². The number of thioether (sulfide) groups is 1. The molecule has 3 rings (SSSR count). The van der Waals surface area contributed by atoms with E-state index in [1.165, 1.54) is 17.8 Å². The van der Waals surface area contributed by atoms with Crippen molar-refractivity contribution in [2.24, 2.45) is 0 Å². The Kier molecular flexibility index (Phi) is 7.42. The summed E-state index contributed by atoms with van der Waals surface area (Å²) in [6.07, 6.45) is 0.615. The predicted molar refractivity (Wildman–Crippen MR) is 121 cm³/mol. The fraction of sp³-hybridized carbons (Fsp3) is 0.190. The first-order chi connectivity index (χ1) is 14.4. The first kappa shape index (κ1) is 22.2. The van der Waals surface area contributed by atoms with Crippen molar-refractivity contribution in [1.29, 1.82) is 0 Å². The Morgan fingerprint density at radius 1 is 1.13 bits per heavy atom. The Hall–Kier alpha value is -2.48. The molecule has 1 atom stereocenters. The van der Waals surface area contributed by atoms with Gasteiger partial charge in [0.05, 0.1) is 15.8 Å². The van der Waals surface area contributed by atoms with Crippen LogP contribution in [0.4, 0.5) is 11.5 Å². The Morgan fingerprint density at radius 2 is 1.93 bits per heavy atom. The molecule has 0 saturated heterocycles. The first-order valence-electron chi connectivity index (χ1n) is 9.13. The summed E-state index contributed by atoms with van der Waals surface area (Å²) in [6, 6.07) is 13.6. The van der Waals surface area contributed by atoms with E-state index in [0.29, 0.717) is 34.3 Å². The molecule has 2 N–H and O–H groups in total. The molecule has 0 bridgehead atoms. The number of anilines is 2. The van der Waals surface area contributed by atoms with Gasteiger partial charge in [-0.25, -0.2) is 0 Å². The fourth-order valence-corrected chi connectivity index (χ4v) is 4.15. The summed E-state index contributed by atoms with van der Waals surface area (Å²) < 4.78 is 4.97. The molecule has 0 spiro atoms. The average Bonchev–Trinajstić information content (AvgIpc) is 3.10. The molecular formula is C21H19Cl2N3O3S. The van der Waals surface area contributed by atoms with Gasteiger partial charge in [0.1, 0.15) is 5.76 Å². The van der Waals surface area contributed by atoms with Crippen LogP contribution in [0.1, 0.15) is 29.5 Å². The normalized spacial score (nSPS) is 11.7. The maximum atomic E-state index is 12.6. The summed E-state index contributed by atoms with van der Waals surface area (Å²) in [6.45, 7) is 3.69. The second-order valence-corrected chi connectivity index (χ2v) is 8.55. The SMILES string of the molecule is CCC(Sc1cccc(NC(=O)c2ccc(Cl)cc2Cl)c1)C(=O)Nc1cc(C)on1. The Balaban J connectivity index is 1.67. The van der Waals surface area contributed by atoms with Crippen molar-refractivity contribution in [1.82, 2.24) is 5.16 Å². The highest BCUT2D eigenvalue weighted by atomic mass is 35.5. The van der Waals surface area contributed by atoms with E-state index in [9.17, 15) is 9.59 Å². The molecule has 0 aliphatic carbocycles. The van der Waals surface area contributed by atoms with E-state index in [1.807, 2.05) is 25.1 Å². The summed E-state index contributed by atoms with van der Waals surface area (Å²) in [5.41, 5.74) is 0.922. The van der Waals surface area contributed by atoms with Crippen LogP contribution in [0.2, 0.25) is 10.0 Å². The lowest BCUT2D eigenvalue weighted by molar-refractivity contribution is -0.115. The number of carbonyl (C=O) groups is 2. The lowest BCUT2D eigenvalue weighted by atomic mass is 10.2. The molecule has 0 aliphatic heterocycles. The molecule has 156 valence electrons. The van der Waals surface area contributed by atoms with Crippen molar-refractivity contribution in [3.63, 3.8) is 0 Å². The second kappa shape index (κ2) is 10.0. The zero-order valence-corrected chi connectivity index (χ0v) is 18.6. The van der Waals surface area contributed by atoms with Gasteiger partial charge in [-0.15, -0.1) is 11.8 Å². The van der Waals surface area contributed by atoms with Crippen LogP contribution in [0.5, 0.6) is 0 Å². The standard InChI is InChI=1S/C21H19Cl2N3O3S/c1-3-18(21(28)25-19-9-12(2)29-26-19)30-15-6-4-5-14(11-15)24-20(27)16-8-7-13(22)10-17(16)23/h4-11,18H,3H2,1-2H3,(H,24,27)(H,25,26,28). The van der Waals surface area contributed by atoms with Crippen molar-refractivity contribution in [3.05, 3.63) is 69.9 Å². The smallest absolute Gasteiger partial charge is 0.257 e. The van der Waals surface area contributed by atoms with Gasteiger partial charge >= 0.3 is 0 Å². The van der Waals surface area contributed by atoms with Crippen LogP contribution in [0.25, 0.3) is 0 Å². The van der Waals surface area contributed by atoms with Crippen LogP contribution in [-0.4, -0.2) is 22.2 Å². The molecule has 2 aromatic carbocycles. The average molecular weight is 464 g/mol. The van der Waals surface area contributed by atoms with Gasteiger partial charge in [0.15, 0.2) is 5.82 Å². The molecule has 0 fully saturated rings. The number of benzene rings is 2. The third kappa shape index (κ3) is 5.78. The quantitative estimate of drug-likeness (QED) is 0.416. The van der Waals surface area contributed by atoms with Crippen LogP contribution >= 0.6 is 35.0 Å². The zero-order chi connectivity index (χ0) is 21.7. The molecule has 1 unspecified atom stereocenters. The van der Waals surface area contributed by atoms with Gasteiger partial charge in [-0.3, -0.25) is 9.59 Å². The minimum atomic E-state index is -0.343. The van der Waals surface area contributed by atoms with Crippen LogP contribution in [0.3, 0.4) is 0 Å². The Bertz CT molecular complexity index is 1070. The summed E-state index contributed by atoms with van der Waals surface area (Å²) in [5.74, 6) is 0.496. The van der Waals surface area contributed by atoms with Crippen molar-refractivity contribution in [2.45, 2.75) is 30.4 Å². The lowest BCUT2D eigenvalue weighted by Gasteiger charge is -2.14. The number of halogens is 2. The number of hydrogen-bond acceptors (Lipinski definition) is 5. The maximum Gasteiger partial charge on any atom is 0.257 e. The van der Waals surface area contributed by atoms with E-state index >= 15 is 0 Å². The summed E-state index contributed by atoms with van der Waals surface area (Å²) in [5, 5.41) is 9.76. The summed E-state index contributed by atoms with van der Waals surface area (Å²) in [7, 11) is 0. The van der Waals surface area contributed by atoms with E-state index in [4.69, 9.17) is 27.7 Å². The third-order valence-corrected chi connectivity index (χ3v) is 5.99. The van der Waals surface area contributed by atoms with Crippen LogP contribution in [0.15, 0.2) is 57.9 Å². The first-order valence-corrected chi connectivity index (χ1v) is 10.8. The van der Waals surface area contributed by atoms with Crippen LogP contribution in [0, 0.1) is 6.92 Å². The molecule has 0 aliphatic rings. The molecule has 3 aromatic rings. The van der Waals surface area contributed by atoms with Crippen LogP contribution in [-0.2, 0) is 4.79 Å². The summed E-state index contributed by atoms with van der Waals surface area (Å²) in [4.78, 5) is 25.9. The van der Waals surface area contributed by atoms with E-state index < -0.39 is 0 Å². The van der Waals surface area contributed by atoms with Crippen molar-refractivity contribution in [2.75, 3.05) is 10.6 Å². The second-order valence-electron chi connectivity index (χ2n) is 6.43. The van der Waals surface area contributed by atoms with Gasteiger partial charge < -0.3 is 15.2 Å². The molecule has 30 heavy (non-hydrogen) atoms. The molecule has 1 heterocycles. The predicted octanol–water partition coefficient (Wildman–Crippen LogP) is 6.05. The minimum absolute atomic E-state index is 0.168. The maximum absolute atomic E-state index is 12.6. The van der Waals surface area contributed by atoms with Crippen molar-refractivity contribution >= 4 is 58.3 Å². The number of carbonyl (C=O) groups excluding carboxylic acids is 2. The summed E-state index contributed by atoms with van der Waals surface area (Å²) >= 11 is 13.4. The van der Waals surface area contributed by atoms with E-state index in [1.54, 1.807) is 31.2 Å². The molecule has 0 radical (unpaired) electrons. The van der Waals surface area contributed by atoms with Gasteiger partial charge in [-0.05, 0) is 49.7 Å². The van der Waals surface area contributed by atoms with Crippen molar-refractivity contribution in [3.8, 4) is 0 Å². The number of nitrogens with zero attached hydrogens (tertiary/aromatic N) is 1. The Morgan fingerprint density at radius 3 is 2.60 bits per heavy atom. The highest BCUT2D eigenvalue weighted by molar-refractivity contribution is 8.00. The number of hydrogen-bond donors (Lipinski definition) is 2. The van der Waals surface area contributed by atoms with Crippen LogP contribution < -0.4 is 10.6 Å². The molecule has 6 nitrogen and oxygen atoms in total. The fourth-order valence-electron chi connectivity index (χ4n) is 2.64. The topological polar surface area (TPSA) is 84.2 Å². The van der Waals surface area contributed by atoms with E-state index in [2.05, 4.69) is 15.8 Å². The number of amides is 2. The highest BCUT2D eigenvalue weighted by Crippen LogP contribution is 2.29. The largest absolute Gasteiger partial charge is 0.360 e. The van der Waals surface area contributed by atoms with Gasteiger partial charge in [-0.1, -0.05) is 41.3 Å². The monoisotopic (exact) mass is 463 g/mol. The van der Waals surface area contributed by atoms with Crippen molar-refractivity contribution < 1.29 is 14.1 Å². The minimum Gasteiger partial charge on any atom is -0.360 e. The molecule has 9 heteroatoms. The number of rotatable bonds is 7. The van der Waals surface area contributed by atoms with Gasteiger partial charge in [0, 0.05) is 21.7 Å². The van der Waals surface area contributed by atoms with E-state index in [0.717, 1.165) is 4.90 Å². The third-order valence-electron chi connectivity index (χ3n) is 4.09. The molecule has 0 saturated carbocycles. The zero-order valence-electron chi connectivity index (χ0n) is 16.2. The lowest BCUT2D eigenvalue weighted by Crippen LogP contribution is -2.24. The number of nitrogens with one attached hydrogen (secondary N) is 2. The number of aromatic nitrogens is 1. The van der Waals surface area contributed by atoms with Gasteiger partial charge in [-0.2, -0.15) is 0 Å². The van der Waals surface area contributed by atoms with E-state index in [-0.39, 0.29) is 22.1 Å². The van der Waals surface area contributed by atoms with Gasteiger partial charge in [0.2, 0.25) is 5.91 Å². The number of aryl methyl sites for hydroxylation is 1. The molecule has 1 aromatic heterocycles. The molecule has 2 amide bonds. The highest BCUT2D eigenvalue weighted by Gasteiger charge is 2.20. The molecular weight excluding hydrogens is 445 g/mol. The van der Waals surface area contributed by atoms with Gasteiger partial charge in [0.25, 0.3) is 5.91 Å².